The number of ether oxygens (including phenoxy) is 2. The summed E-state index contributed by atoms with van der Waals surface area (Å²) in [5.74, 6) is 0.527. The van der Waals surface area contributed by atoms with E-state index in [2.05, 4.69) is 4.89 Å². The van der Waals surface area contributed by atoms with Crippen molar-refractivity contribution < 1.29 is 34.3 Å². The quantitative estimate of drug-likeness (QED) is 0.428. The molecule has 2 rings (SSSR count). The monoisotopic (exact) mass is 348 g/mol. The summed E-state index contributed by atoms with van der Waals surface area (Å²) < 4.78 is 10.3. The highest BCUT2D eigenvalue weighted by atomic mass is 17.2. The van der Waals surface area contributed by atoms with Gasteiger partial charge in [-0.25, -0.2) is 4.79 Å². The Kier molecular flexibility index (Phi) is 6.62. The Morgan fingerprint density at radius 2 is 1.64 bits per heavy atom. The number of carbonyl (C=O) groups is 1. The van der Waals surface area contributed by atoms with Crippen LogP contribution in [0.15, 0.2) is 42.5 Å². The zero-order valence-corrected chi connectivity index (χ0v) is 14.0. The molecule has 2 aromatic rings. The Morgan fingerprint density at radius 1 is 1.00 bits per heavy atom. The van der Waals surface area contributed by atoms with Crippen LogP contribution in [0.5, 0.6) is 17.2 Å². The first-order valence-electron chi connectivity index (χ1n) is 7.55. The molecular formula is C18H20O7. The first kappa shape index (κ1) is 18.6. The number of phenols is 1. The predicted octanol–water partition coefficient (Wildman–Crippen LogP) is 1.99. The number of aliphatic hydroxyl groups is 1. The van der Waals surface area contributed by atoms with Gasteiger partial charge >= 0.3 is 5.97 Å². The van der Waals surface area contributed by atoms with Crippen LogP contribution in [0.1, 0.15) is 11.1 Å². The van der Waals surface area contributed by atoms with Crippen molar-refractivity contribution in [1.82, 2.24) is 0 Å². The summed E-state index contributed by atoms with van der Waals surface area (Å²) in [6.07, 6.45) is -1.24. The number of hydrogen-bond donors (Lipinski definition) is 2. The van der Waals surface area contributed by atoms with E-state index in [0.717, 1.165) is 5.56 Å². The van der Waals surface area contributed by atoms with Gasteiger partial charge in [0.15, 0.2) is 11.5 Å². The summed E-state index contributed by atoms with van der Waals surface area (Å²) in [5.41, 5.74) is 1.38. The second-order valence-corrected chi connectivity index (χ2v) is 5.24. The molecule has 0 bridgehead atoms. The van der Waals surface area contributed by atoms with E-state index in [4.69, 9.17) is 14.4 Å². The smallest absolute Gasteiger partial charge is 0.346 e. The van der Waals surface area contributed by atoms with Crippen molar-refractivity contribution in [2.75, 3.05) is 14.2 Å². The van der Waals surface area contributed by atoms with E-state index in [1.54, 1.807) is 30.3 Å². The molecule has 0 aromatic heterocycles. The standard InChI is InChI=1S/C18H20O7/c1-22-15-8-5-13(9-16(15)23-2)11-18(21)25-24-17(20)10-12-3-6-14(19)7-4-12/h3-9,17,19-20H,10-11H2,1-2H3/t17-/m0/s1. The van der Waals surface area contributed by atoms with Crippen LogP contribution in [0.25, 0.3) is 0 Å². The Hall–Kier alpha value is -2.77. The van der Waals surface area contributed by atoms with E-state index in [0.29, 0.717) is 17.1 Å². The highest BCUT2D eigenvalue weighted by Crippen LogP contribution is 2.27. The van der Waals surface area contributed by atoms with Crippen LogP contribution in [0, 0.1) is 0 Å². The van der Waals surface area contributed by atoms with Crippen LogP contribution in [0.4, 0.5) is 0 Å². The number of rotatable bonds is 8. The first-order chi connectivity index (χ1) is 12.0. The van der Waals surface area contributed by atoms with E-state index in [-0.39, 0.29) is 18.6 Å². The van der Waals surface area contributed by atoms with Crippen molar-refractivity contribution in [3.63, 3.8) is 0 Å². The number of benzene rings is 2. The van der Waals surface area contributed by atoms with Crippen LogP contribution < -0.4 is 9.47 Å². The lowest BCUT2D eigenvalue weighted by Crippen LogP contribution is -2.19. The maximum absolute atomic E-state index is 11.8. The number of carbonyl (C=O) groups excluding carboxylic acids is 1. The maximum atomic E-state index is 11.8. The van der Waals surface area contributed by atoms with Crippen molar-refractivity contribution in [2.24, 2.45) is 0 Å². The number of aliphatic hydroxyl groups excluding tert-OH is 1. The second-order valence-electron chi connectivity index (χ2n) is 5.24. The fraction of sp³-hybridized carbons (Fsp3) is 0.278. The Bertz CT molecular complexity index is 697. The molecule has 0 unspecified atom stereocenters. The molecule has 0 aliphatic heterocycles. The van der Waals surface area contributed by atoms with Crippen LogP contribution in [-0.2, 0) is 27.4 Å². The summed E-state index contributed by atoms with van der Waals surface area (Å²) in [7, 11) is 3.03. The molecule has 2 N–H and O–H groups in total. The van der Waals surface area contributed by atoms with Crippen LogP contribution in [0.3, 0.4) is 0 Å². The molecule has 7 nitrogen and oxygen atoms in total. The molecule has 2 aromatic carbocycles. The summed E-state index contributed by atoms with van der Waals surface area (Å²) in [6.45, 7) is 0. The molecule has 1 atom stereocenters. The maximum Gasteiger partial charge on any atom is 0.346 e. The minimum atomic E-state index is -1.31. The van der Waals surface area contributed by atoms with Gasteiger partial charge in [-0.1, -0.05) is 18.2 Å². The number of methoxy groups -OCH3 is 2. The predicted molar refractivity (Wildman–Crippen MR) is 88.2 cm³/mol. The van der Waals surface area contributed by atoms with Gasteiger partial charge in [-0.15, -0.1) is 0 Å². The topological polar surface area (TPSA) is 94.5 Å². The van der Waals surface area contributed by atoms with Crippen molar-refractivity contribution in [1.29, 1.82) is 0 Å². The normalized spacial score (nSPS) is 11.6. The average Bonchev–Trinajstić information content (AvgIpc) is 2.62. The highest BCUT2D eigenvalue weighted by molar-refractivity contribution is 5.72. The van der Waals surface area contributed by atoms with Crippen molar-refractivity contribution >= 4 is 5.97 Å². The molecule has 0 aliphatic carbocycles. The average molecular weight is 348 g/mol. The molecule has 0 heterocycles. The molecule has 25 heavy (non-hydrogen) atoms. The van der Waals surface area contributed by atoms with Crippen molar-refractivity contribution in [3.8, 4) is 17.2 Å². The Balaban J connectivity index is 1.82. The fourth-order valence-corrected chi connectivity index (χ4v) is 2.16. The van der Waals surface area contributed by atoms with Crippen LogP contribution >= 0.6 is 0 Å². The van der Waals surface area contributed by atoms with E-state index in [9.17, 15) is 15.0 Å². The molecule has 0 amide bonds. The van der Waals surface area contributed by atoms with Gasteiger partial charge in [-0.05, 0) is 35.4 Å². The molecule has 0 radical (unpaired) electrons. The van der Waals surface area contributed by atoms with E-state index < -0.39 is 12.3 Å². The lowest BCUT2D eigenvalue weighted by molar-refractivity contribution is -0.341. The van der Waals surface area contributed by atoms with E-state index in [1.807, 2.05) is 0 Å². The summed E-state index contributed by atoms with van der Waals surface area (Å²) in [6, 6.07) is 11.3. The van der Waals surface area contributed by atoms with Gasteiger partial charge in [0.2, 0.25) is 6.29 Å². The number of aromatic hydroxyl groups is 1. The summed E-state index contributed by atoms with van der Waals surface area (Å²) in [4.78, 5) is 21.1. The molecule has 0 fully saturated rings. The van der Waals surface area contributed by atoms with Gasteiger partial charge in [0.25, 0.3) is 0 Å². The Labute approximate surface area is 145 Å². The lowest BCUT2D eigenvalue weighted by Gasteiger charge is -2.11. The SMILES string of the molecule is COc1ccc(CC(=O)OO[C@H](O)Cc2ccc(O)cc2)cc1OC. The minimum absolute atomic E-state index is 0.0493. The van der Waals surface area contributed by atoms with Gasteiger partial charge < -0.3 is 19.7 Å². The number of hydrogen-bond acceptors (Lipinski definition) is 7. The molecular weight excluding hydrogens is 328 g/mol. The minimum Gasteiger partial charge on any atom is -0.508 e. The van der Waals surface area contributed by atoms with Gasteiger partial charge in [0.1, 0.15) is 5.75 Å². The van der Waals surface area contributed by atoms with Gasteiger partial charge in [-0.3, -0.25) is 4.89 Å². The third-order valence-corrected chi connectivity index (χ3v) is 3.40. The van der Waals surface area contributed by atoms with Gasteiger partial charge in [0, 0.05) is 6.42 Å². The largest absolute Gasteiger partial charge is 0.508 e. The molecule has 134 valence electrons. The zero-order chi connectivity index (χ0) is 18.2. The summed E-state index contributed by atoms with van der Waals surface area (Å²) in [5, 5.41) is 18.9. The van der Waals surface area contributed by atoms with Gasteiger partial charge in [0.05, 0.1) is 20.6 Å². The molecule has 7 heteroatoms. The van der Waals surface area contributed by atoms with Crippen LogP contribution in [-0.4, -0.2) is 36.7 Å². The third-order valence-electron chi connectivity index (χ3n) is 3.40. The second kappa shape index (κ2) is 8.91. The summed E-state index contributed by atoms with van der Waals surface area (Å²) >= 11 is 0. The van der Waals surface area contributed by atoms with Crippen molar-refractivity contribution in [2.45, 2.75) is 19.1 Å². The van der Waals surface area contributed by atoms with E-state index in [1.165, 1.54) is 26.4 Å². The fourth-order valence-electron chi connectivity index (χ4n) is 2.16. The Morgan fingerprint density at radius 3 is 2.28 bits per heavy atom. The van der Waals surface area contributed by atoms with Gasteiger partial charge in [-0.2, -0.15) is 4.89 Å². The molecule has 0 aliphatic rings. The molecule has 0 saturated heterocycles. The highest BCUT2D eigenvalue weighted by Gasteiger charge is 2.13. The molecule has 0 spiro atoms. The van der Waals surface area contributed by atoms with Crippen molar-refractivity contribution in [3.05, 3.63) is 53.6 Å². The number of phenolic OH excluding ortho intramolecular Hbond substituents is 1. The molecule has 0 saturated carbocycles. The third kappa shape index (κ3) is 5.66. The zero-order valence-electron chi connectivity index (χ0n) is 14.0. The lowest BCUT2D eigenvalue weighted by atomic mass is 10.1. The van der Waals surface area contributed by atoms with Crippen LogP contribution in [0.2, 0.25) is 0 Å². The van der Waals surface area contributed by atoms with E-state index >= 15 is 0 Å². The first-order valence-corrected chi connectivity index (χ1v) is 7.55.